The molecule has 13 nitrogen and oxygen atoms in total. The lowest BCUT2D eigenvalue weighted by Crippen LogP contribution is -2.18. The van der Waals surface area contributed by atoms with Gasteiger partial charge in [-0.1, -0.05) is 30.3 Å². The van der Waals surface area contributed by atoms with Crippen LogP contribution in [0.3, 0.4) is 0 Å². The first-order valence-corrected chi connectivity index (χ1v) is 15.9. The van der Waals surface area contributed by atoms with E-state index < -0.39 is 74.8 Å². The van der Waals surface area contributed by atoms with E-state index in [0.29, 0.717) is 31.1 Å². The summed E-state index contributed by atoms with van der Waals surface area (Å²) in [7, 11) is -18.0. The Morgan fingerprint density at radius 1 is 0.588 bits per heavy atom. The molecule has 0 bridgehead atoms. The molecule has 0 spiro atoms. The number of ketones is 1. The van der Waals surface area contributed by atoms with Crippen LogP contribution in [0.1, 0.15) is 15.9 Å². The minimum absolute atomic E-state index is 0.0618. The lowest BCUT2D eigenvalue weighted by atomic mass is 10.0. The van der Waals surface area contributed by atoms with Crippen LogP contribution >= 0.6 is 0 Å². The normalized spacial score (nSPS) is 12.6. The minimum atomic E-state index is -4.57. The topological polar surface area (TPSA) is 191 Å². The average molecular weight is 559 g/mol. The van der Waals surface area contributed by atoms with Gasteiger partial charge in [0, 0.05) is 11.6 Å². The zero-order valence-electron chi connectivity index (χ0n) is 17.9. The maximum atomic E-state index is 13.1. The van der Waals surface area contributed by atoms with Crippen molar-refractivity contribution in [3.63, 3.8) is 0 Å². The van der Waals surface area contributed by atoms with Crippen LogP contribution in [0, 0.1) is 0 Å². The van der Waals surface area contributed by atoms with Crippen molar-refractivity contribution in [3.8, 4) is 23.0 Å². The highest BCUT2D eigenvalue weighted by Crippen LogP contribution is 2.49. The van der Waals surface area contributed by atoms with E-state index in [9.17, 15) is 38.5 Å². The van der Waals surface area contributed by atoms with Crippen LogP contribution in [0.25, 0.3) is 0 Å². The monoisotopic (exact) mass is 558 g/mol. The van der Waals surface area contributed by atoms with E-state index in [2.05, 4.69) is 4.18 Å². The quantitative estimate of drug-likeness (QED) is 0.285. The van der Waals surface area contributed by atoms with Gasteiger partial charge in [-0.05, 0) is 0 Å². The second-order valence-electron chi connectivity index (χ2n) is 6.75. The van der Waals surface area contributed by atoms with Crippen LogP contribution in [-0.4, -0.2) is 64.5 Å². The molecule has 0 saturated heterocycles. The summed E-state index contributed by atoms with van der Waals surface area (Å²) in [5.41, 5.74) is -0.803. The maximum absolute atomic E-state index is 13.1. The van der Waals surface area contributed by atoms with Crippen LogP contribution < -0.4 is 16.7 Å². The highest BCUT2D eigenvalue weighted by Gasteiger charge is 2.34. The van der Waals surface area contributed by atoms with Gasteiger partial charge in [-0.2, -0.15) is 33.7 Å². The number of benzene rings is 2. The first-order chi connectivity index (χ1) is 15.3. The van der Waals surface area contributed by atoms with E-state index in [-0.39, 0.29) is 5.56 Å². The summed E-state index contributed by atoms with van der Waals surface area (Å²) in [6.07, 6.45) is 2.13. The zero-order valence-corrected chi connectivity index (χ0v) is 21.2. The average Bonchev–Trinajstić information content (AvgIpc) is 2.62. The molecule has 0 fully saturated rings. The van der Waals surface area contributed by atoms with Crippen molar-refractivity contribution in [2.45, 2.75) is 0 Å². The molecular weight excluding hydrogens is 540 g/mol. The molecule has 0 atom stereocenters. The van der Waals surface area contributed by atoms with Gasteiger partial charge in [0.25, 0.3) is 0 Å². The first-order valence-electron chi connectivity index (χ1n) is 8.64. The highest BCUT2D eigenvalue weighted by molar-refractivity contribution is 7.87. The van der Waals surface area contributed by atoms with Gasteiger partial charge in [-0.3, -0.25) is 4.79 Å². The Bertz CT molecular complexity index is 1540. The molecule has 17 heteroatoms. The SMILES string of the molecule is CS(=O)(=O)Oc1cc(C(=O)c2ccccc2)c(OS(C)(=O)=O)c(OS(C)(=O)=O)c1OS(C)(=O)=O. The van der Waals surface area contributed by atoms with E-state index in [0.717, 1.165) is 0 Å². The summed E-state index contributed by atoms with van der Waals surface area (Å²) >= 11 is 0. The Balaban J connectivity index is 3.10. The predicted octanol–water partition coefficient (Wildman–Crippen LogP) is 0.271. The van der Waals surface area contributed by atoms with Gasteiger partial charge in [0.05, 0.1) is 30.6 Å². The molecular formula is C17H18O13S4. The van der Waals surface area contributed by atoms with E-state index >= 15 is 0 Å². The summed E-state index contributed by atoms with van der Waals surface area (Å²) in [5.74, 6) is -5.50. The lowest BCUT2D eigenvalue weighted by molar-refractivity contribution is 0.103. The van der Waals surface area contributed by atoms with Gasteiger partial charge in [0.15, 0.2) is 11.5 Å². The summed E-state index contributed by atoms with van der Waals surface area (Å²) in [4.78, 5) is 13.1. The Morgan fingerprint density at radius 2 is 1.00 bits per heavy atom. The molecule has 0 radical (unpaired) electrons. The van der Waals surface area contributed by atoms with Crippen molar-refractivity contribution < 1.29 is 55.2 Å². The lowest BCUT2D eigenvalue weighted by Gasteiger charge is -2.19. The number of rotatable bonds is 10. The smallest absolute Gasteiger partial charge is 0.306 e. The van der Waals surface area contributed by atoms with E-state index in [1.165, 1.54) is 24.3 Å². The number of carbonyl (C=O) groups is 1. The van der Waals surface area contributed by atoms with Gasteiger partial charge >= 0.3 is 40.5 Å². The first kappa shape index (κ1) is 27.4. The van der Waals surface area contributed by atoms with E-state index in [4.69, 9.17) is 12.5 Å². The Kier molecular flexibility index (Phi) is 7.56. The molecule has 0 aliphatic carbocycles. The number of hydrogen-bond donors (Lipinski definition) is 0. The van der Waals surface area contributed by atoms with Gasteiger partial charge in [-0.25, -0.2) is 0 Å². The molecule has 0 heterocycles. The number of carbonyl (C=O) groups excluding carboxylic acids is 1. The van der Waals surface area contributed by atoms with Gasteiger partial charge in [-0.15, -0.1) is 0 Å². The van der Waals surface area contributed by atoms with Crippen LogP contribution in [0.2, 0.25) is 0 Å². The summed E-state index contributed by atoms with van der Waals surface area (Å²) in [5, 5.41) is 0. The third kappa shape index (κ3) is 8.15. The highest BCUT2D eigenvalue weighted by atomic mass is 32.2. The van der Waals surface area contributed by atoms with E-state index in [1.807, 2.05) is 0 Å². The van der Waals surface area contributed by atoms with Gasteiger partial charge in [0.1, 0.15) is 0 Å². The third-order valence-corrected chi connectivity index (χ3v) is 5.27. The van der Waals surface area contributed by atoms with Gasteiger partial charge < -0.3 is 16.7 Å². The standard InChI is InChI=1S/C17H18O13S4/c1-31(19,20)27-13-10-12(14(18)11-8-6-5-7-9-11)15(28-32(2,21)22)17(30-34(4,25)26)16(13)29-33(3,23)24/h5-10H,1-4H3. The summed E-state index contributed by atoms with van der Waals surface area (Å²) in [6.45, 7) is 0. The molecule has 0 aliphatic rings. The largest absolute Gasteiger partial charge is 0.378 e. The molecule has 2 aromatic rings. The van der Waals surface area contributed by atoms with Crippen molar-refractivity contribution in [1.82, 2.24) is 0 Å². The van der Waals surface area contributed by atoms with Crippen LogP contribution in [-0.2, 0) is 40.5 Å². The summed E-state index contributed by atoms with van der Waals surface area (Å²) in [6, 6.07) is 7.70. The molecule has 0 aliphatic heterocycles. The fraction of sp³-hybridized carbons (Fsp3) is 0.235. The number of hydrogen-bond acceptors (Lipinski definition) is 13. The van der Waals surface area contributed by atoms with Crippen LogP contribution in [0.15, 0.2) is 36.4 Å². The minimum Gasteiger partial charge on any atom is -0.378 e. The van der Waals surface area contributed by atoms with Crippen molar-refractivity contribution in [2.75, 3.05) is 25.0 Å². The second-order valence-corrected chi connectivity index (χ2v) is 13.1. The van der Waals surface area contributed by atoms with Crippen LogP contribution in [0.5, 0.6) is 23.0 Å². The van der Waals surface area contributed by atoms with Crippen LogP contribution in [0.4, 0.5) is 0 Å². The van der Waals surface area contributed by atoms with Crippen molar-refractivity contribution >= 4 is 46.3 Å². The molecule has 0 aromatic heterocycles. The molecule has 0 N–H and O–H groups in total. The van der Waals surface area contributed by atoms with Crippen molar-refractivity contribution in [3.05, 3.63) is 47.5 Å². The third-order valence-electron chi connectivity index (χ3n) is 3.38. The molecule has 0 amide bonds. The van der Waals surface area contributed by atoms with Crippen molar-refractivity contribution in [2.24, 2.45) is 0 Å². The molecule has 0 unspecified atom stereocenters. The second kappa shape index (κ2) is 9.40. The summed E-state index contributed by atoms with van der Waals surface area (Å²) < 4.78 is 114. The Hall–Kier alpha value is -2.89. The molecule has 0 saturated carbocycles. The predicted molar refractivity (Wildman–Crippen MR) is 118 cm³/mol. The molecule has 2 rings (SSSR count). The fourth-order valence-corrected chi connectivity index (χ4v) is 4.26. The zero-order chi connectivity index (χ0) is 26.1. The molecule has 188 valence electrons. The molecule has 2 aromatic carbocycles. The maximum Gasteiger partial charge on any atom is 0.306 e. The van der Waals surface area contributed by atoms with Crippen molar-refractivity contribution in [1.29, 1.82) is 0 Å². The van der Waals surface area contributed by atoms with E-state index in [1.54, 1.807) is 6.07 Å². The van der Waals surface area contributed by atoms with Gasteiger partial charge in [0.2, 0.25) is 17.2 Å². The Morgan fingerprint density at radius 3 is 1.44 bits per heavy atom. The fourth-order valence-electron chi connectivity index (χ4n) is 2.43. The Labute approximate surface area is 196 Å². The molecule has 34 heavy (non-hydrogen) atoms.